The van der Waals surface area contributed by atoms with Crippen molar-refractivity contribution in [2.24, 2.45) is 104 Å². The molecule has 2 heterocycles. The molecule has 0 radical (unpaired) electrons. The van der Waals surface area contributed by atoms with Crippen LogP contribution in [0.4, 0.5) is 0 Å². The third-order valence-electron chi connectivity index (χ3n) is 28.8. The second-order valence-electron chi connectivity index (χ2n) is 36.6. The predicted molar refractivity (Wildman–Crippen MR) is 430 cm³/mol. The van der Waals surface area contributed by atoms with Gasteiger partial charge in [-0.1, -0.05) is 149 Å². The maximum Gasteiger partial charge on any atom is 0.312 e. The summed E-state index contributed by atoms with van der Waals surface area (Å²) in [7, 11) is -3.43. The van der Waals surface area contributed by atoms with E-state index in [1.54, 1.807) is 4.90 Å². The molecule has 15 nitrogen and oxygen atoms in total. The minimum atomic E-state index is -3.43. The van der Waals surface area contributed by atoms with Crippen LogP contribution in [0.2, 0.25) is 0 Å². The number of hydrogen-bond donors (Lipinski definition) is 1. The zero-order chi connectivity index (χ0) is 68.9. The third-order valence-corrected chi connectivity index (χ3v) is 30.6. The first-order valence-corrected chi connectivity index (χ1v) is 39.8. The fraction of sp³-hybridized carbons (Fsp3) is 0.932. The Hall–Kier alpha value is -3.11. The lowest BCUT2D eigenvalue weighted by molar-refractivity contribution is -0.225. The molecular formula is C88H167NO14S. The van der Waals surface area contributed by atoms with E-state index in [9.17, 15) is 42.3 Å². The van der Waals surface area contributed by atoms with Gasteiger partial charge in [0, 0.05) is 23.7 Å². The van der Waals surface area contributed by atoms with Gasteiger partial charge >= 0.3 is 23.9 Å². The summed E-state index contributed by atoms with van der Waals surface area (Å²) in [6.45, 7) is 34.0. The van der Waals surface area contributed by atoms with Crippen LogP contribution in [0, 0.1) is 104 Å². The lowest BCUT2D eigenvalue weighted by Gasteiger charge is -2.60. The topological polar surface area (TPSA) is 206 Å². The molecule has 16 aliphatic rings. The summed E-state index contributed by atoms with van der Waals surface area (Å²) < 4.78 is 52.5. The van der Waals surface area contributed by atoms with Crippen molar-refractivity contribution in [3.05, 3.63) is 0 Å². The Morgan fingerprint density at radius 3 is 1.38 bits per heavy atom. The van der Waals surface area contributed by atoms with E-state index < -0.39 is 38.1 Å². The number of nitrogens with zero attached hydrogens (tertiary/aromatic N) is 1. The van der Waals surface area contributed by atoms with Gasteiger partial charge in [0.15, 0.2) is 0 Å². The maximum absolute atomic E-state index is 12.7. The standard InChI is InChI=1S/C18H30O2.C17H25NO2.C16H26O3.C14H26O2.C13H20O5S.10CH4/c1-5-17(3,4)16(19)20-18(6-2)14-8-12-7-13(10-14)11-15(18)9-12;1-4-17(2,3)16(20)18-14-12-8-11(13(14)15(18)19)9-6-5-7-10(9)12;1-4-14(2,3)13(17)19-16-8-11-5-12(9-16)7-15(18,6-11)10-16;1-5-13(3,4)12(15)16-14(6-2)10-8-7-9-11-14;1-4-13(2,3)12(14)17-10-7-5-8-9(6-7)19(15,16)18-11(8)10;;;;;;;;;;/h12-15H,5-11H2,1-4H3;9-14H,4-8H2,1-3H3;11-12,18H,4-10H2,1-3H3;5-11H2,1-4H3;7-11H,4-6H2,1-3H3;10*1H4. The van der Waals surface area contributed by atoms with Gasteiger partial charge < -0.3 is 24.1 Å². The number of likely N-dealkylation sites (tertiary alicyclic amines) is 1. The molecule has 1 N–H and O–H groups in total. The van der Waals surface area contributed by atoms with Crippen LogP contribution in [0.3, 0.4) is 0 Å². The molecular weight excluding hydrogens is 1330 g/mol. The molecule has 0 aromatic heterocycles. The smallest absolute Gasteiger partial charge is 0.312 e. The molecule has 14 aliphatic carbocycles. The molecule has 0 aromatic rings. The maximum atomic E-state index is 12.7. The average Bonchev–Trinajstić information content (AvgIpc) is 1.48. The number of ether oxygens (including phenoxy) is 4. The lowest BCUT2D eigenvalue weighted by Crippen LogP contribution is -2.68. The Morgan fingerprint density at radius 2 is 0.933 bits per heavy atom. The number of aliphatic hydroxyl groups is 1. The Morgan fingerprint density at radius 1 is 0.490 bits per heavy atom. The van der Waals surface area contributed by atoms with Crippen LogP contribution in [-0.2, 0) is 62.0 Å². The van der Waals surface area contributed by atoms with Gasteiger partial charge in [-0.3, -0.25) is 37.9 Å². The van der Waals surface area contributed by atoms with Gasteiger partial charge in [0.2, 0.25) is 11.8 Å². The molecule has 104 heavy (non-hydrogen) atoms. The van der Waals surface area contributed by atoms with Gasteiger partial charge in [0.1, 0.15) is 29.0 Å². The molecule has 0 spiro atoms. The summed E-state index contributed by atoms with van der Waals surface area (Å²) in [4.78, 5) is 76.2. The highest BCUT2D eigenvalue weighted by Crippen LogP contribution is 2.67. The van der Waals surface area contributed by atoms with Crippen molar-refractivity contribution in [2.75, 3.05) is 0 Å². The van der Waals surface area contributed by atoms with Crippen molar-refractivity contribution >= 4 is 45.8 Å². The monoisotopic (exact) mass is 1490 g/mol. The van der Waals surface area contributed by atoms with E-state index in [1.807, 2.05) is 96.9 Å². The number of fused-ring (bicyclic) bond motifs is 9. The van der Waals surface area contributed by atoms with Gasteiger partial charge in [-0.05, 0) is 282 Å². The minimum Gasteiger partial charge on any atom is -0.459 e. The number of amides is 2. The van der Waals surface area contributed by atoms with E-state index in [-0.39, 0.29) is 173 Å². The van der Waals surface area contributed by atoms with Crippen molar-refractivity contribution in [1.82, 2.24) is 4.90 Å². The van der Waals surface area contributed by atoms with Crippen molar-refractivity contribution in [3.8, 4) is 0 Å². The van der Waals surface area contributed by atoms with E-state index in [4.69, 9.17) is 23.1 Å². The number of rotatable bonds is 16. The Kier molecular flexibility index (Phi) is 35.7. The van der Waals surface area contributed by atoms with Gasteiger partial charge in [-0.15, -0.1) is 0 Å². The highest BCUT2D eigenvalue weighted by Gasteiger charge is 2.71. The molecule has 12 bridgehead atoms. The number of esters is 4. The molecule has 2 aliphatic heterocycles. The first-order valence-electron chi connectivity index (χ1n) is 38.3. The number of carbonyl (C=O) groups is 6. The SMILES string of the molecule is C.C.C.C.C.C.C.C.C.C.CCC(C)(C)C(=O)N1C(=O)C2C3CC(C4CCCC43)C21.CCC(C)(C)C(=O)OC1(CC)C2CC3CC(C2)CC1C3.CCC(C)(C)C(=O)OC12CC3CC(CC(O)(C3)C1)C2.CCC(C)(C)C(=O)OC1C2CC3C1OS(=O)(=O)C3C2.CCC1(OC(=O)C(C)(C)CC)CCCCC1. The summed E-state index contributed by atoms with van der Waals surface area (Å²) >= 11 is 0. The lowest BCUT2D eigenvalue weighted by atomic mass is 9.49. The summed E-state index contributed by atoms with van der Waals surface area (Å²) in [6, 6.07) is 0.269. The largest absolute Gasteiger partial charge is 0.459 e. The molecule has 0 aromatic carbocycles. The molecule has 13 atom stereocenters. The molecule has 14 saturated carbocycles. The quantitative estimate of drug-likeness (QED) is 0.0661. The van der Waals surface area contributed by atoms with Crippen LogP contribution in [0.15, 0.2) is 0 Å². The van der Waals surface area contributed by atoms with Crippen molar-refractivity contribution in [1.29, 1.82) is 0 Å². The van der Waals surface area contributed by atoms with E-state index in [0.29, 0.717) is 54.8 Å². The van der Waals surface area contributed by atoms with E-state index in [0.717, 1.165) is 107 Å². The van der Waals surface area contributed by atoms with Gasteiger partial charge in [-0.2, -0.15) is 8.42 Å². The zero-order valence-electron chi connectivity index (χ0n) is 61.4. The van der Waals surface area contributed by atoms with Gasteiger partial charge in [0.25, 0.3) is 10.1 Å². The first-order chi connectivity index (χ1) is 43.9. The highest BCUT2D eigenvalue weighted by atomic mass is 32.2. The summed E-state index contributed by atoms with van der Waals surface area (Å²) in [6.07, 6.45) is 29.8. The van der Waals surface area contributed by atoms with Crippen molar-refractivity contribution in [2.45, 2.75) is 424 Å². The summed E-state index contributed by atoms with van der Waals surface area (Å²) in [5.41, 5.74) is -3.19. The molecule has 16 rings (SSSR count). The number of β-lactam (4-membered cyclic amide) rings is 1. The first kappa shape index (κ1) is 101. The van der Waals surface area contributed by atoms with E-state index in [1.165, 1.54) is 83.5 Å². The van der Waals surface area contributed by atoms with Gasteiger partial charge in [0.05, 0.1) is 44.5 Å². The fourth-order valence-corrected chi connectivity index (χ4v) is 23.2. The highest BCUT2D eigenvalue weighted by molar-refractivity contribution is 7.87. The molecule has 614 valence electrons. The number of carbonyl (C=O) groups excluding carboxylic acids is 6. The van der Waals surface area contributed by atoms with Crippen LogP contribution in [0.5, 0.6) is 0 Å². The molecule has 2 amide bonds. The molecule has 16 heteroatoms. The third kappa shape index (κ3) is 18.9. The van der Waals surface area contributed by atoms with Crippen LogP contribution >= 0.6 is 0 Å². The minimum absolute atomic E-state index is 0. The Balaban J connectivity index is 0.00000125. The van der Waals surface area contributed by atoms with Crippen LogP contribution in [0.25, 0.3) is 0 Å². The van der Waals surface area contributed by atoms with Crippen LogP contribution < -0.4 is 0 Å². The molecule has 16 fully saturated rings. The fourth-order valence-electron chi connectivity index (χ4n) is 21.3. The normalized spacial score (nSPS) is 36.0. The molecule has 2 saturated heterocycles. The Bertz CT molecular complexity index is 2880. The van der Waals surface area contributed by atoms with E-state index >= 15 is 0 Å². The number of imide groups is 1. The van der Waals surface area contributed by atoms with Crippen LogP contribution in [-0.4, -0.2) is 100 Å². The summed E-state index contributed by atoms with van der Waals surface area (Å²) in [5.74, 6) is 7.40. The zero-order valence-corrected chi connectivity index (χ0v) is 62.2. The van der Waals surface area contributed by atoms with Crippen molar-refractivity contribution < 1.29 is 65.4 Å². The van der Waals surface area contributed by atoms with Gasteiger partial charge in [-0.25, -0.2) is 0 Å². The van der Waals surface area contributed by atoms with Crippen molar-refractivity contribution in [3.63, 3.8) is 0 Å². The van der Waals surface area contributed by atoms with Crippen LogP contribution in [0.1, 0.15) is 378 Å². The second-order valence-corrected chi connectivity index (χ2v) is 38.4. The number of hydrogen-bond acceptors (Lipinski definition) is 14. The molecule has 13 unspecified atom stereocenters. The summed E-state index contributed by atoms with van der Waals surface area (Å²) in [5, 5.41) is 10.3. The van der Waals surface area contributed by atoms with E-state index in [2.05, 4.69) is 20.8 Å². The predicted octanol–water partition coefficient (Wildman–Crippen LogP) is 22.4. The second kappa shape index (κ2) is 36.8. The Labute approximate surface area is 640 Å². The average molecular weight is 1500 g/mol.